The lowest BCUT2D eigenvalue weighted by Gasteiger charge is -2.03. The van der Waals surface area contributed by atoms with Gasteiger partial charge in [-0.25, -0.2) is 9.38 Å². The van der Waals surface area contributed by atoms with Gasteiger partial charge < -0.3 is 9.84 Å². The standard InChI is InChI=1S/C19H16N2O3S/c1-10-4-6-13-17(11(10)2)20-19-21(13)18(23)16(25-19)9-12-5-7-14(22)15(8-12)24-3/h4-9,22H,1-3H3/b16-9-. The van der Waals surface area contributed by atoms with Gasteiger partial charge in [0.15, 0.2) is 16.5 Å². The van der Waals surface area contributed by atoms with Crippen LogP contribution in [0.25, 0.3) is 22.1 Å². The van der Waals surface area contributed by atoms with Crippen LogP contribution in [0.2, 0.25) is 0 Å². The molecule has 0 unspecified atom stereocenters. The number of phenols is 1. The van der Waals surface area contributed by atoms with Crippen molar-refractivity contribution in [1.29, 1.82) is 0 Å². The van der Waals surface area contributed by atoms with Crippen LogP contribution in [-0.4, -0.2) is 21.6 Å². The Morgan fingerprint density at radius 1 is 1.24 bits per heavy atom. The van der Waals surface area contributed by atoms with E-state index in [-0.39, 0.29) is 11.3 Å². The summed E-state index contributed by atoms with van der Waals surface area (Å²) < 4.78 is 7.37. The van der Waals surface area contributed by atoms with Crippen LogP contribution in [0.5, 0.6) is 11.5 Å². The van der Waals surface area contributed by atoms with Gasteiger partial charge >= 0.3 is 0 Å². The zero-order valence-electron chi connectivity index (χ0n) is 14.0. The molecular formula is C19H16N2O3S. The molecule has 0 radical (unpaired) electrons. The molecule has 4 rings (SSSR count). The molecule has 1 N–H and O–H groups in total. The summed E-state index contributed by atoms with van der Waals surface area (Å²) in [5.74, 6) is 0.443. The Hall–Kier alpha value is -2.86. The van der Waals surface area contributed by atoms with Crippen molar-refractivity contribution in [3.05, 3.63) is 61.9 Å². The Morgan fingerprint density at radius 2 is 2.04 bits per heavy atom. The van der Waals surface area contributed by atoms with Gasteiger partial charge in [0.25, 0.3) is 5.56 Å². The molecule has 2 aromatic carbocycles. The molecule has 126 valence electrons. The Kier molecular flexibility index (Phi) is 3.51. The number of rotatable bonds is 2. The number of aromatic nitrogens is 2. The van der Waals surface area contributed by atoms with Crippen molar-refractivity contribution in [2.24, 2.45) is 0 Å². The van der Waals surface area contributed by atoms with Gasteiger partial charge in [-0.05, 0) is 54.8 Å². The highest BCUT2D eigenvalue weighted by Crippen LogP contribution is 2.26. The van der Waals surface area contributed by atoms with Crippen LogP contribution < -0.4 is 14.8 Å². The number of methoxy groups -OCH3 is 1. The molecule has 5 nitrogen and oxygen atoms in total. The molecule has 0 atom stereocenters. The van der Waals surface area contributed by atoms with E-state index in [0.717, 1.165) is 27.7 Å². The second-order valence-corrected chi connectivity index (χ2v) is 6.96. The monoisotopic (exact) mass is 352 g/mol. The molecule has 0 saturated heterocycles. The zero-order chi connectivity index (χ0) is 17.7. The Morgan fingerprint density at radius 3 is 2.80 bits per heavy atom. The third kappa shape index (κ3) is 2.37. The van der Waals surface area contributed by atoms with Gasteiger partial charge in [-0.3, -0.25) is 4.79 Å². The lowest BCUT2D eigenvalue weighted by molar-refractivity contribution is 0.373. The number of imidazole rings is 1. The summed E-state index contributed by atoms with van der Waals surface area (Å²) in [6, 6.07) is 8.94. The SMILES string of the molecule is COc1cc(/C=c2\sc3nc4c(C)c(C)ccc4n3c2=O)ccc1O. The number of fused-ring (bicyclic) bond motifs is 3. The molecule has 0 aliphatic carbocycles. The normalized spacial score (nSPS) is 12.4. The minimum atomic E-state index is -0.0854. The average molecular weight is 352 g/mol. The van der Waals surface area contributed by atoms with Crippen LogP contribution in [0.4, 0.5) is 0 Å². The molecular weight excluding hydrogens is 336 g/mol. The summed E-state index contributed by atoms with van der Waals surface area (Å²) in [7, 11) is 1.49. The first-order chi connectivity index (χ1) is 12.0. The topological polar surface area (TPSA) is 63.8 Å². The van der Waals surface area contributed by atoms with E-state index in [9.17, 15) is 9.90 Å². The molecule has 0 aliphatic rings. The van der Waals surface area contributed by atoms with Crippen LogP contribution in [0, 0.1) is 13.8 Å². The maximum atomic E-state index is 12.8. The van der Waals surface area contributed by atoms with E-state index in [4.69, 9.17) is 4.74 Å². The van der Waals surface area contributed by atoms with Gasteiger partial charge in [0.2, 0.25) is 0 Å². The van der Waals surface area contributed by atoms with Gasteiger partial charge in [-0.2, -0.15) is 0 Å². The van der Waals surface area contributed by atoms with Crippen molar-refractivity contribution in [2.45, 2.75) is 13.8 Å². The van der Waals surface area contributed by atoms with E-state index in [1.165, 1.54) is 18.4 Å². The predicted molar refractivity (Wildman–Crippen MR) is 99.8 cm³/mol. The Labute approximate surface area is 147 Å². The minimum Gasteiger partial charge on any atom is -0.504 e. The van der Waals surface area contributed by atoms with Gasteiger partial charge in [0.1, 0.15) is 0 Å². The van der Waals surface area contributed by atoms with E-state index in [1.54, 1.807) is 28.7 Å². The molecule has 0 bridgehead atoms. The third-order valence-corrected chi connectivity index (χ3v) is 5.41. The molecule has 0 spiro atoms. The number of phenolic OH excluding ortho intramolecular Hbond substituents is 1. The van der Waals surface area contributed by atoms with Crippen LogP contribution in [0.3, 0.4) is 0 Å². The number of aromatic hydroxyl groups is 1. The van der Waals surface area contributed by atoms with E-state index in [1.807, 2.05) is 26.0 Å². The first-order valence-electron chi connectivity index (χ1n) is 7.79. The quantitative estimate of drug-likeness (QED) is 0.602. The second-order valence-electron chi connectivity index (χ2n) is 5.95. The molecule has 25 heavy (non-hydrogen) atoms. The van der Waals surface area contributed by atoms with Crippen molar-refractivity contribution >= 4 is 33.4 Å². The fraction of sp³-hybridized carbons (Fsp3) is 0.158. The fourth-order valence-corrected chi connectivity index (χ4v) is 3.88. The first kappa shape index (κ1) is 15.7. The number of hydrogen-bond acceptors (Lipinski definition) is 5. The van der Waals surface area contributed by atoms with Gasteiger partial charge in [-0.15, -0.1) is 0 Å². The molecule has 0 saturated carbocycles. The predicted octanol–water partition coefficient (Wildman–Crippen LogP) is 2.79. The minimum absolute atomic E-state index is 0.0693. The lowest BCUT2D eigenvalue weighted by Crippen LogP contribution is -2.22. The summed E-state index contributed by atoms with van der Waals surface area (Å²) in [4.78, 5) is 18.2. The number of thiazole rings is 1. The number of ether oxygens (including phenoxy) is 1. The molecule has 6 heteroatoms. The van der Waals surface area contributed by atoms with E-state index < -0.39 is 0 Å². The van der Waals surface area contributed by atoms with Crippen LogP contribution in [0.1, 0.15) is 16.7 Å². The Balaban J connectivity index is 1.96. The van der Waals surface area contributed by atoms with Crippen LogP contribution in [-0.2, 0) is 0 Å². The molecule has 2 heterocycles. The average Bonchev–Trinajstić information content (AvgIpc) is 3.10. The lowest BCUT2D eigenvalue weighted by atomic mass is 10.1. The fourth-order valence-electron chi connectivity index (χ4n) is 2.90. The highest BCUT2D eigenvalue weighted by Gasteiger charge is 2.13. The maximum absolute atomic E-state index is 12.8. The van der Waals surface area contributed by atoms with E-state index >= 15 is 0 Å². The van der Waals surface area contributed by atoms with Crippen molar-refractivity contribution in [1.82, 2.24) is 9.38 Å². The van der Waals surface area contributed by atoms with Crippen molar-refractivity contribution in [3.8, 4) is 11.5 Å². The second kappa shape index (κ2) is 5.60. The number of aryl methyl sites for hydroxylation is 2. The third-order valence-electron chi connectivity index (χ3n) is 4.44. The van der Waals surface area contributed by atoms with Gasteiger partial charge in [0, 0.05) is 0 Å². The highest BCUT2D eigenvalue weighted by molar-refractivity contribution is 7.15. The summed E-state index contributed by atoms with van der Waals surface area (Å²) in [5.41, 5.74) is 4.67. The zero-order valence-corrected chi connectivity index (χ0v) is 14.8. The van der Waals surface area contributed by atoms with E-state index in [2.05, 4.69) is 4.98 Å². The maximum Gasteiger partial charge on any atom is 0.274 e. The van der Waals surface area contributed by atoms with Crippen molar-refractivity contribution < 1.29 is 9.84 Å². The Bertz CT molecular complexity index is 1240. The van der Waals surface area contributed by atoms with Crippen molar-refractivity contribution in [2.75, 3.05) is 7.11 Å². The van der Waals surface area contributed by atoms with Crippen molar-refractivity contribution in [3.63, 3.8) is 0 Å². The van der Waals surface area contributed by atoms with Crippen LogP contribution in [0.15, 0.2) is 35.1 Å². The number of hydrogen-bond donors (Lipinski definition) is 1. The largest absolute Gasteiger partial charge is 0.504 e. The molecule has 0 amide bonds. The number of nitrogens with zero attached hydrogens (tertiary/aromatic N) is 2. The first-order valence-corrected chi connectivity index (χ1v) is 8.61. The highest BCUT2D eigenvalue weighted by atomic mass is 32.1. The molecule has 0 fully saturated rings. The van der Waals surface area contributed by atoms with Crippen LogP contribution >= 0.6 is 11.3 Å². The van der Waals surface area contributed by atoms with Gasteiger partial charge in [0.05, 0.1) is 22.7 Å². The summed E-state index contributed by atoms with van der Waals surface area (Å²) in [5, 5.41) is 9.69. The summed E-state index contributed by atoms with van der Waals surface area (Å²) >= 11 is 1.36. The smallest absolute Gasteiger partial charge is 0.274 e. The summed E-state index contributed by atoms with van der Waals surface area (Å²) in [6.07, 6.45) is 1.79. The van der Waals surface area contributed by atoms with Gasteiger partial charge in [-0.1, -0.05) is 23.5 Å². The molecule has 0 aliphatic heterocycles. The van der Waals surface area contributed by atoms with E-state index in [0.29, 0.717) is 15.2 Å². The summed E-state index contributed by atoms with van der Waals surface area (Å²) in [6.45, 7) is 4.06. The molecule has 4 aromatic rings. The molecule has 2 aromatic heterocycles. The number of benzene rings is 2.